The Balaban J connectivity index is 0.000000212. The van der Waals surface area contributed by atoms with Crippen LogP contribution in [0.5, 0.6) is 0 Å². The molecule has 7 aromatic rings. The highest BCUT2D eigenvalue weighted by molar-refractivity contribution is 6.34. The first-order valence-electron chi connectivity index (χ1n) is 18.1. The van der Waals surface area contributed by atoms with E-state index in [1.54, 1.807) is 29.9 Å². The van der Waals surface area contributed by atoms with Gasteiger partial charge in [-0.3, -0.25) is 9.59 Å². The average Bonchev–Trinajstić information content (AvgIpc) is 3.57. The Morgan fingerprint density at radius 2 is 1.14 bits per heavy atom. The number of aromatic nitrogens is 6. The second kappa shape index (κ2) is 18.8. The predicted molar refractivity (Wildman–Crippen MR) is 221 cm³/mol. The minimum absolute atomic E-state index is 0.137. The topological polar surface area (TPSA) is 128 Å². The highest BCUT2D eigenvalue weighted by atomic mass is 35.5. The fourth-order valence-electron chi connectivity index (χ4n) is 5.67. The van der Waals surface area contributed by atoms with Gasteiger partial charge in [-0.1, -0.05) is 92.2 Å². The molecule has 4 aromatic carbocycles. The lowest BCUT2D eigenvalue weighted by Crippen LogP contribution is -2.16. The molecule has 7 rings (SSSR count). The van der Waals surface area contributed by atoms with Crippen LogP contribution in [0.2, 0.25) is 5.02 Å². The van der Waals surface area contributed by atoms with Crippen LogP contribution in [0, 0.1) is 46.3 Å². The molecule has 0 saturated heterocycles. The van der Waals surface area contributed by atoms with Crippen LogP contribution >= 0.6 is 11.6 Å². The fraction of sp³-hybridized carbons (Fsp3) is 0.159. The largest absolute Gasteiger partial charge is 0.319 e. The van der Waals surface area contributed by atoms with Crippen molar-refractivity contribution in [1.29, 1.82) is 0 Å². The van der Waals surface area contributed by atoms with Crippen LogP contribution in [0.1, 0.15) is 63.2 Å². The monoisotopic (exact) mass is 786 g/mol. The van der Waals surface area contributed by atoms with E-state index in [1.807, 2.05) is 107 Å². The number of hydrogen-bond donors (Lipinski definition) is 2. The summed E-state index contributed by atoms with van der Waals surface area (Å²) in [6.07, 6.45) is 3.06. The van der Waals surface area contributed by atoms with Crippen molar-refractivity contribution in [3.8, 4) is 28.2 Å². The number of carbonyl (C=O) groups is 2. The number of hydrogen-bond acceptors (Lipinski definition) is 7. The lowest BCUT2D eigenvalue weighted by Gasteiger charge is -2.13. The summed E-state index contributed by atoms with van der Waals surface area (Å²) < 4.78 is 29.5. The van der Waals surface area contributed by atoms with Crippen LogP contribution in [-0.4, -0.2) is 41.5 Å². The summed E-state index contributed by atoms with van der Waals surface area (Å²) in [6, 6.07) is 28.7. The van der Waals surface area contributed by atoms with Crippen LogP contribution in [0.4, 0.5) is 20.2 Å². The normalized spacial score (nSPS) is 10.4. The van der Waals surface area contributed by atoms with Crippen molar-refractivity contribution >= 4 is 34.8 Å². The quantitative estimate of drug-likeness (QED) is 0.165. The van der Waals surface area contributed by atoms with Gasteiger partial charge in [-0.15, -0.1) is 0 Å². The summed E-state index contributed by atoms with van der Waals surface area (Å²) in [5.74, 6) is -2.15. The van der Waals surface area contributed by atoms with E-state index in [-0.39, 0.29) is 17.0 Å². The van der Waals surface area contributed by atoms with Gasteiger partial charge in [0.15, 0.2) is 11.6 Å². The molecule has 0 aliphatic rings. The molecule has 290 valence electrons. The average molecular weight is 787 g/mol. The van der Waals surface area contributed by atoms with Gasteiger partial charge in [-0.05, 0) is 70.5 Å². The van der Waals surface area contributed by atoms with Crippen molar-refractivity contribution in [2.24, 2.45) is 0 Å². The first-order valence-corrected chi connectivity index (χ1v) is 18.5. The van der Waals surface area contributed by atoms with Gasteiger partial charge in [0.1, 0.15) is 11.6 Å². The summed E-state index contributed by atoms with van der Waals surface area (Å²) in [6.45, 7) is 12.9. The molecule has 2 amide bonds. The zero-order valence-electron chi connectivity index (χ0n) is 32.5. The van der Waals surface area contributed by atoms with Crippen LogP contribution in [0.15, 0.2) is 109 Å². The van der Waals surface area contributed by atoms with E-state index in [2.05, 4.69) is 35.7 Å². The first-order chi connectivity index (χ1) is 27.4. The number of amides is 2. The SMILES string of the molecule is CC.Cc1cc(C)n(-c2ccc(Cl)c(C(=O)Nc3cnc(C)nc3-c3ccccc3)c2)n1.Cc1ncc(NC(=O)c2ccc(C)c(F)c2F)c(-c2ccccc2)n1. The Bertz CT molecular complexity index is 2530. The molecule has 0 saturated carbocycles. The molecular formula is C44H41ClF2N8O2. The Kier molecular flexibility index (Phi) is 13.7. The molecule has 0 radical (unpaired) electrons. The van der Waals surface area contributed by atoms with Gasteiger partial charge in [-0.2, -0.15) is 5.10 Å². The van der Waals surface area contributed by atoms with E-state index < -0.39 is 17.5 Å². The standard InChI is InChI=1S/C23H20ClN5O.C19H15F2N3O.C2H6/c1-14-11-15(2)29(28-14)18-9-10-20(24)19(12-18)23(30)27-21-13-25-16(3)26-22(21)17-7-5-4-6-8-17;1-11-8-9-14(17(21)16(11)20)19(25)24-15-10-22-12(2)23-18(15)13-6-4-3-5-7-13;1-2/h4-13H,1-3H3,(H,27,30);3-10H,1-2H3,(H,24,25);1-2H3. The molecule has 13 heteroatoms. The highest BCUT2D eigenvalue weighted by Crippen LogP contribution is 2.29. The Morgan fingerprint density at radius 1 is 0.632 bits per heavy atom. The van der Waals surface area contributed by atoms with Crippen molar-refractivity contribution < 1.29 is 18.4 Å². The first kappa shape index (κ1) is 41.5. The molecule has 2 N–H and O–H groups in total. The third-order valence-corrected chi connectivity index (χ3v) is 8.71. The number of halogens is 3. The van der Waals surface area contributed by atoms with Gasteiger partial charge >= 0.3 is 0 Å². The summed E-state index contributed by atoms with van der Waals surface area (Å²) in [4.78, 5) is 42.7. The van der Waals surface area contributed by atoms with Crippen LogP contribution in [0.25, 0.3) is 28.2 Å². The van der Waals surface area contributed by atoms with E-state index in [9.17, 15) is 18.4 Å². The fourth-order valence-corrected chi connectivity index (χ4v) is 5.87. The van der Waals surface area contributed by atoms with Gasteiger partial charge in [0.05, 0.1) is 62.7 Å². The van der Waals surface area contributed by atoms with Gasteiger partial charge in [0.2, 0.25) is 0 Å². The number of nitrogens with one attached hydrogen (secondary N) is 2. The maximum absolute atomic E-state index is 14.0. The summed E-state index contributed by atoms with van der Waals surface area (Å²) in [5, 5.41) is 10.3. The second-order valence-corrected chi connectivity index (χ2v) is 13.0. The van der Waals surface area contributed by atoms with Gasteiger partial charge in [0, 0.05) is 16.8 Å². The molecule has 0 spiro atoms. The molecule has 3 aromatic heterocycles. The number of nitrogens with zero attached hydrogens (tertiary/aromatic N) is 6. The number of aryl methyl sites for hydroxylation is 5. The van der Waals surface area contributed by atoms with E-state index in [4.69, 9.17) is 11.6 Å². The molecule has 0 bridgehead atoms. The molecular weight excluding hydrogens is 746 g/mol. The zero-order valence-corrected chi connectivity index (χ0v) is 33.3. The maximum atomic E-state index is 14.0. The molecule has 0 unspecified atom stereocenters. The smallest absolute Gasteiger partial charge is 0.258 e. The molecule has 0 fully saturated rings. The molecule has 57 heavy (non-hydrogen) atoms. The molecule has 0 aliphatic heterocycles. The minimum Gasteiger partial charge on any atom is -0.319 e. The number of anilines is 2. The van der Waals surface area contributed by atoms with Crippen LogP contribution < -0.4 is 10.6 Å². The lowest BCUT2D eigenvalue weighted by atomic mass is 10.1. The molecule has 3 heterocycles. The predicted octanol–water partition coefficient (Wildman–Crippen LogP) is 10.5. The van der Waals surface area contributed by atoms with Crippen molar-refractivity contribution in [3.63, 3.8) is 0 Å². The van der Waals surface area contributed by atoms with Crippen molar-refractivity contribution in [2.45, 2.75) is 48.5 Å². The van der Waals surface area contributed by atoms with E-state index >= 15 is 0 Å². The van der Waals surface area contributed by atoms with E-state index in [0.717, 1.165) is 28.2 Å². The number of rotatable bonds is 7. The maximum Gasteiger partial charge on any atom is 0.258 e. The van der Waals surface area contributed by atoms with E-state index in [1.165, 1.54) is 25.3 Å². The summed E-state index contributed by atoms with van der Waals surface area (Å²) in [5.41, 5.74) is 6.42. The van der Waals surface area contributed by atoms with Crippen molar-refractivity contribution in [1.82, 2.24) is 29.7 Å². The highest BCUT2D eigenvalue weighted by Gasteiger charge is 2.20. The van der Waals surface area contributed by atoms with Crippen LogP contribution in [0.3, 0.4) is 0 Å². The van der Waals surface area contributed by atoms with Gasteiger partial charge < -0.3 is 10.6 Å². The molecule has 0 atom stereocenters. The summed E-state index contributed by atoms with van der Waals surface area (Å²) >= 11 is 6.35. The minimum atomic E-state index is -1.17. The lowest BCUT2D eigenvalue weighted by molar-refractivity contribution is 0.101. The van der Waals surface area contributed by atoms with Gasteiger partial charge in [0.25, 0.3) is 11.8 Å². The zero-order chi connectivity index (χ0) is 41.2. The molecule has 10 nitrogen and oxygen atoms in total. The second-order valence-electron chi connectivity index (χ2n) is 12.6. The van der Waals surface area contributed by atoms with Crippen molar-refractivity contribution in [3.05, 3.63) is 166 Å². The third kappa shape index (κ3) is 9.96. The molecule has 0 aliphatic carbocycles. The number of benzene rings is 4. The Hall–Kier alpha value is -6.66. The Morgan fingerprint density at radius 3 is 1.63 bits per heavy atom. The van der Waals surface area contributed by atoms with Crippen LogP contribution in [-0.2, 0) is 0 Å². The van der Waals surface area contributed by atoms with Crippen molar-refractivity contribution in [2.75, 3.05) is 10.6 Å². The Labute approximate surface area is 335 Å². The third-order valence-electron chi connectivity index (χ3n) is 8.38. The number of carbonyl (C=O) groups excluding carboxylic acids is 2. The summed E-state index contributed by atoms with van der Waals surface area (Å²) in [7, 11) is 0. The van der Waals surface area contributed by atoms with E-state index in [0.29, 0.717) is 45.0 Å². The van der Waals surface area contributed by atoms with Gasteiger partial charge in [-0.25, -0.2) is 33.4 Å².